The fourth-order valence-corrected chi connectivity index (χ4v) is 4.19. The van der Waals surface area contributed by atoms with Crippen LogP contribution in [-0.2, 0) is 0 Å². The van der Waals surface area contributed by atoms with E-state index in [1.54, 1.807) is 0 Å². The Labute approximate surface area is 132 Å². The smallest absolute Gasteiger partial charge is 0.150 e. The second kappa shape index (κ2) is 8.11. The fourth-order valence-electron chi connectivity index (χ4n) is 0.863. The number of halogens is 4. The second-order valence-corrected chi connectivity index (χ2v) is 7.19. The summed E-state index contributed by atoms with van der Waals surface area (Å²) in [5.41, 5.74) is 0. The van der Waals surface area contributed by atoms with Crippen LogP contribution in [0.25, 0.3) is 0 Å². The Kier molecular flexibility index (Phi) is 7.59. The molecular formula is C8H4Cl4N2S3. The summed E-state index contributed by atoms with van der Waals surface area (Å²) in [5, 5.41) is 12.7. The van der Waals surface area contributed by atoms with E-state index in [4.69, 9.17) is 51.7 Å². The molecule has 0 saturated heterocycles. The zero-order valence-corrected chi connectivity index (χ0v) is 13.5. The van der Waals surface area contributed by atoms with E-state index in [1.165, 1.54) is 23.5 Å². The lowest BCUT2D eigenvalue weighted by Gasteiger charge is -2.09. The molecule has 0 amide bonds. The number of thiocyanates is 1. The number of alkyl halides is 1. The van der Waals surface area contributed by atoms with Crippen LogP contribution in [0.2, 0.25) is 15.2 Å². The van der Waals surface area contributed by atoms with Gasteiger partial charge in [0.2, 0.25) is 0 Å². The molecule has 0 fully saturated rings. The third-order valence-electron chi connectivity index (χ3n) is 1.49. The van der Waals surface area contributed by atoms with Crippen LogP contribution >= 0.6 is 81.7 Å². The minimum Gasteiger partial charge on any atom is -0.227 e. The second-order valence-electron chi connectivity index (χ2n) is 2.42. The zero-order chi connectivity index (χ0) is 12.8. The fraction of sp³-hybridized carbons (Fsp3) is 0.250. The van der Waals surface area contributed by atoms with E-state index < -0.39 is 0 Å². The topological polar surface area (TPSA) is 36.7 Å². The van der Waals surface area contributed by atoms with Gasteiger partial charge in [-0.25, -0.2) is 4.98 Å². The number of aromatic nitrogens is 1. The van der Waals surface area contributed by atoms with E-state index in [1.807, 2.05) is 5.40 Å². The lowest BCUT2D eigenvalue weighted by atomic mass is 10.5. The molecule has 0 aliphatic heterocycles. The Morgan fingerprint density at radius 3 is 2.47 bits per heavy atom. The molecule has 1 rings (SSSR count). The molecule has 1 aromatic rings. The normalized spacial score (nSPS) is 10.3. The van der Waals surface area contributed by atoms with Gasteiger partial charge in [-0.3, -0.25) is 0 Å². The van der Waals surface area contributed by atoms with Crippen molar-refractivity contribution in [2.45, 2.75) is 9.92 Å². The number of hydrogen-bond donors (Lipinski definition) is 0. The molecule has 0 bridgehead atoms. The first kappa shape index (κ1) is 15.9. The van der Waals surface area contributed by atoms with E-state index in [0.29, 0.717) is 30.3 Å². The van der Waals surface area contributed by atoms with Gasteiger partial charge in [0, 0.05) is 0 Å². The first-order valence-electron chi connectivity index (χ1n) is 3.98. The van der Waals surface area contributed by atoms with Crippen molar-refractivity contribution < 1.29 is 0 Å². The largest absolute Gasteiger partial charge is 0.227 e. The Hall–Kier alpha value is 0.850. The molecule has 0 N–H and O–H groups in total. The summed E-state index contributed by atoms with van der Waals surface area (Å²) in [6.07, 6.45) is 0. The third kappa shape index (κ3) is 4.46. The summed E-state index contributed by atoms with van der Waals surface area (Å²) in [6.45, 7) is 0. The van der Waals surface area contributed by atoms with Gasteiger partial charge in [0.1, 0.15) is 15.6 Å². The molecule has 0 unspecified atom stereocenters. The average Bonchev–Trinajstić information content (AvgIpc) is 2.31. The Morgan fingerprint density at radius 2 is 1.88 bits per heavy atom. The van der Waals surface area contributed by atoms with Gasteiger partial charge in [0.25, 0.3) is 0 Å². The van der Waals surface area contributed by atoms with E-state index in [-0.39, 0.29) is 5.15 Å². The van der Waals surface area contributed by atoms with E-state index in [9.17, 15) is 0 Å². The first-order valence-corrected chi connectivity index (χ1v) is 8.61. The number of pyridine rings is 1. The van der Waals surface area contributed by atoms with Crippen molar-refractivity contribution in [3.8, 4) is 5.40 Å². The van der Waals surface area contributed by atoms with Crippen LogP contribution in [0.5, 0.6) is 0 Å². The molecule has 9 heteroatoms. The molecule has 0 spiro atoms. The van der Waals surface area contributed by atoms with Crippen LogP contribution in [0.15, 0.2) is 9.92 Å². The highest BCUT2D eigenvalue weighted by atomic mass is 35.5. The number of nitrogens with zero attached hydrogens (tertiary/aromatic N) is 2. The van der Waals surface area contributed by atoms with Gasteiger partial charge < -0.3 is 0 Å². The number of thioether (sulfide) groups is 3. The predicted octanol–water partition coefficient (Wildman–Crippen LogP) is 5.59. The van der Waals surface area contributed by atoms with Crippen molar-refractivity contribution >= 4 is 81.7 Å². The molecule has 0 atom stereocenters. The van der Waals surface area contributed by atoms with Crippen molar-refractivity contribution in [2.75, 3.05) is 10.3 Å². The number of rotatable bonds is 5. The quantitative estimate of drug-likeness (QED) is 0.169. The van der Waals surface area contributed by atoms with Gasteiger partial charge in [0.15, 0.2) is 0 Å². The minimum absolute atomic E-state index is 0.188. The van der Waals surface area contributed by atoms with Crippen molar-refractivity contribution in [3.05, 3.63) is 15.2 Å². The van der Waals surface area contributed by atoms with Gasteiger partial charge in [0.05, 0.1) is 25.2 Å². The zero-order valence-electron chi connectivity index (χ0n) is 8.05. The highest BCUT2D eigenvalue weighted by Crippen LogP contribution is 2.42. The third-order valence-corrected chi connectivity index (χ3v) is 5.70. The van der Waals surface area contributed by atoms with Crippen molar-refractivity contribution in [1.29, 1.82) is 5.26 Å². The minimum atomic E-state index is 0.188. The number of hydrogen-bond acceptors (Lipinski definition) is 5. The molecular weight excluding hydrogens is 362 g/mol. The SMILES string of the molecule is N#CSCSc1nc(Cl)c(Cl)c(SCCl)c1Cl. The molecule has 0 radical (unpaired) electrons. The standard InChI is InChI=1S/C8H4Cl4N2S3/c9-1-16-6-4(10)7(12)14-8(5(6)11)17-3-15-2-13/h1,3H2. The monoisotopic (exact) mass is 364 g/mol. The lowest BCUT2D eigenvalue weighted by molar-refractivity contribution is 1.10. The van der Waals surface area contributed by atoms with E-state index in [0.717, 1.165) is 11.8 Å². The van der Waals surface area contributed by atoms with Gasteiger partial charge in [-0.05, 0) is 11.8 Å². The average molecular weight is 366 g/mol. The van der Waals surface area contributed by atoms with Crippen molar-refractivity contribution in [1.82, 2.24) is 4.98 Å². The van der Waals surface area contributed by atoms with E-state index in [2.05, 4.69) is 4.98 Å². The molecule has 0 aliphatic rings. The summed E-state index contributed by atoms with van der Waals surface area (Å²) in [7, 11) is 0. The predicted molar refractivity (Wildman–Crippen MR) is 79.8 cm³/mol. The molecule has 0 aromatic carbocycles. The molecule has 1 heterocycles. The summed E-state index contributed by atoms with van der Waals surface area (Å²) in [4.78, 5) is 4.69. The molecule has 1 aromatic heterocycles. The van der Waals surface area contributed by atoms with Crippen molar-refractivity contribution in [3.63, 3.8) is 0 Å². The van der Waals surface area contributed by atoms with Crippen LogP contribution in [-0.4, -0.2) is 15.3 Å². The highest BCUT2D eigenvalue weighted by Gasteiger charge is 2.17. The molecule has 92 valence electrons. The Morgan fingerprint density at radius 1 is 1.18 bits per heavy atom. The summed E-state index contributed by atoms with van der Waals surface area (Å²) in [5.74, 6) is 0. The highest BCUT2D eigenvalue weighted by molar-refractivity contribution is 8.18. The molecule has 0 aliphatic carbocycles. The summed E-state index contributed by atoms with van der Waals surface area (Å²) in [6, 6.07) is 0. The Balaban J connectivity index is 3.02. The molecule has 17 heavy (non-hydrogen) atoms. The van der Waals surface area contributed by atoms with Crippen LogP contribution in [0.1, 0.15) is 0 Å². The summed E-state index contributed by atoms with van der Waals surface area (Å²) >= 11 is 27.4. The maximum Gasteiger partial charge on any atom is 0.150 e. The van der Waals surface area contributed by atoms with Crippen LogP contribution in [0.3, 0.4) is 0 Å². The van der Waals surface area contributed by atoms with Gasteiger partial charge in [-0.15, -0.1) is 23.4 Å². The van der Waals surface area contributed by atoms with Crippen LogP contribution < -0.4 is 0 Å². The van der Waals surface area contributed by atoms with Gasteiger partial charge in [-0.2, -0.15) is 5.26 Å². The molecule has 2 nitrogen and oxygen atoms in total. The number of nitriles is 1. The maximum atomic E-state index is 8.43. The van der Waals surface area contributed by atoms with Crippen LogP contribution in [0.4, 0.5) is 0 Å². The van der Waals surface area contributed by atoms with Gasteiger partial charge in [-0.1, -0.05) is 46.6 Å². The van der Waals surface area contributed by atoms with Gasteiger partial charge >= 0.3 is 0 Å². The Bertz CT molecular complexity index is 449. The van der Waals surface area contributed by atoms with Crippen LogP contribution in [0, 0.1) is 10.7 Å². The first-order chi connectivity index (χ1) is 8.11. The lowest BCUT2D eigenvalue weighted by Crippen LogP contribution is -1.89. The van der Waals surface area contributed by atoms with E-state index >= 15 is 0 Å². The van der Waals surface area contributed by atoms with Crippen molar-refractivity contribution in [2.24, 2.45) is 0 Å². The summed E-state index contributed by atoms with van der Waals surface area (Å²) < 4.78 is 0. The maximum absolute atomic E-state index is 8.43. The molecule has 0 saturated carbocycles.